The van der Waals surface area contributed by atoms with E-state index < -0.39 is 5.97 Å². The summed E-state index contributed by atoms with van der Waals surface area (Å²) >= 11 is 0. The second-order valence-electron chi connectivity index (χ2n) is 8.26. The smallest absolute Gasteiger partial charge is 0.335 e. The third kappa shape index (κ3) is 12.5. The summed E-state index contributed by atoms with van der Waals surface area (Å²) in [7, 11) is 0. The van der Waals surface area contributed by atoms with Crippen molar-refractivity contribution in [3.63, 3.8) is 0 Å². The molecule has 0 atom stereocenters. The van der Waals surface area contributed by atoms with Gasteiger partial charge in [-0.2, -0.15) is 0 Å². The van der Waals surface area contributed by atoms with Gasteiger partial charge in [-0.05, 0) is 20.3 Å². The predicted molar refractivity (Wildman–Crippen MR) is 124 cm³/mol. The van der Waals surface area contributed by atoms with Gasteiger partial charge in [-0.1, -0.05) is 6.58 Å². The van der Waals surface area contributed by atoms with Gasteiger partial charge in [0.2, 0.25) is 11.8 Å². The molecule has 2 rings (SSSR count). The number of amides is 3. The van der Waals surface area contributed by atoms with E-state index in [1.165, 1.54) is 13.8 Å². The molecule has 12 nitrogen and oxygen atoms in total. The molecule has 2 saturated heterocycles. The van der Waals surface area contributed by atoms with Gasteiger partial charge in [0, 0.05) is 38.5 Å². The van der Waals surface area contributed by atoms with E-state index in [0.717, 1.165) is 9.96 Å². The van der Waals surface area contributed by atoms with Crippen LogP contribution in [0.3, 0.4) is 0 Å². The molecule has 0 saturated carbocycles. The summed E-state index contributed by atoms with van der Waals surface area (Å²) in [5, 5.41) is 0.899. The highest BCUT2D eigenvalue weighted by Crippen LogP contribution is 2.21. The number of hydrogen-bond acceptors (Lipinski definition) is 10. The number of hydroxylamine groups is 2. The second-order valence-corrected chi connectivity index (χ2v) is 8.26. The Bertz CT molecular complexity index is 767. The molecular weight excluding hydrogens is 476 g/mol. The van der Waals surface area contributed by atoms with Gasteiger partial charge in [0.25, 0.3) is 5.91 Å². The summed E-state index contributed by atoms with van der Waals surface area (Å²) in [5.41, 5.74) is 0.441. The van der Waals surface area contributed by atoms with Crippen molar-refractivity contribution < 1.29 is 47.9 Å². The normalized spacial score (nSPS) is 15.2. The fourth-order valence-electron chi connectivity index (χ4n) is 2.93. The number of Topliss-reactive ketones (excluding diaryl/α,β-unsaturated/α-hetero) is 3. The Balaban J connectivity index is 0.000000497. The molecule has 2 fully saturated rings. The van der Waals surface area contributed by atoms with Crippen LogP contribution in [0.1, 0.15) is 65.2 Å². The van der Waals surface area contributed by atoms with E-state index in [-0.39, 0.29) is 86.9 Å². The molecule has 2 aliphatic heterocycles. The highest BCUT2D eigenvalue weighted by Gasteiger charge is 2.30. The van der Waals surface area contributed by atoms with Gasteiger partial charge in [-0.15, -0.1) is 5.06 Å². The summed E-state index contributed by atoms with van der Waals surface area (Å²) < 4.78 is 10.2. The van der Waals surface area contributed by atoms with Crippen LogP contribution in [0.15, 0.2) is 12.3 Å². The van der Waals surface area contributed by atoms with Crippen molar-refractivity contribution in [1.29, 1.82) is 0 Å². The van der Waals surface area contributed by atoms with Crippen LogP contribution >= 0.6 is 0 Å². The number of rotatable bonds is 15. The van der Waals surface area contributed by atoms with E-state index in [1.54, 1.807) is 0 Å². The first-order valence-electron chi connectivity index (χ1n) is 11.7. The number of carbonyl (C=O) groups excluding carboxylic acids is 7. The standard InChI is InChI=1S/C16H20N2O7.C8H14O3/c1-11-2-3-15(22)18(11)25-16(23)7-9-24-8-6-12(19)10-17-13(20)4-5-14(17)21;1-7(9)3-5-11-6-4-8(2)10/h1-10H2;3-6H2,1-2H3. The lowest BCUT2D eigenvalue weighted by Gasteiger charge is -2.15. The Labute approximate surface area is 209 Å². The largest absolute Gasteiger partial charge is 0.381 e. The number of carbonyl (C=O) groups is 7. The van der Waals surface area contributed by atoms with Crippen molar-refractivity contribution in [1.82, 2.24) is 9.96 Å². The number of allylic oxidation sites excluding steroid dienone is 1. The molecule has 0 spiro atoms. The molecule has 0 radical (unpaired) electrons. The average molecular weight is 511 g/mol. The van der Waals surface area contributed by atoms with Gasteiger partial charge in [-0.3, -0.25) is 33.7 Å². The average Bonchev–Trinajstić information content (AvgIpc) is 3.29. The minimum absolute atomic E-state index is 0.0300. The molecule has 2 heterocycles. The lowest BCUT2D eigenvalue weighted by molar-refractivity contribution is -0.187. The van der Waals surface area contributed by atoms with E-state index in [0.29, 0.717) is 38.2 Å². The molecule has 0 unspecified atom stereocenters. The number of nitrogens with zero attached hydrogens (tertiary/aromatic N) is 2. The maximum atomic E-state index is 11.7. The summed E-state index contributed by atoms with van der Waals surface area (Å²) in [5.74, 6) is -1.65. The Morgan fingerprint density at radius 3 is 1.67 bits per heavy atom. The first-order chi connectivity index (χ1) is 17.0. The number of likely N-dealkylation sites (tertiary alicyclic amines) is 1. The zero-order valence-electron chi connectivity index (χ0n) is 20.9. The predicted octanol–water partition coefficient (Wildman–Crippen LogP) is 1.06. The fraction of sp³-hybridized carbons (Fsp3) is 0.625. The highest BCUT2D eigenvalue weighted by atomic mass is 16.7. The van der Waals surface area contributed by atoms with Crippen molar-refractivity contribution >= 4 is 41.0 Å². The van der Waals surface area contributed by atoms with Crippen molar-refractivity contribution in [3.8, 4) is 0 Å². The third-order valence-corrected chi connectivity index (χ3v) is 5.00. The van der Waals surface area contributed by atoms with Crippen LogP contribution in [0.25, 0.3) is 0 Å². The van der Waals surface area contributed by atoms with E-state index in [1.807, 2.05) is 0 Å². The number of ether oxygens (including phenoxy) is 2. The van der Waals surface area contributed by atoms with Crippen LogP contribution in [0.4, 0.5) is 0 Å². The fourth-order valence-corrected chi connectivity index (χ4v) is 2.93. The molecule has 12 heteroatoms. The van der Waals surface area contributed by atoms with E-state index in [4.69, 9.17) is 14.3 Å². The van der Waals surface area contributed by atoms with Crippen LogP contribution < -0.4 is 0 Å². The Kier molecular flexibility index (Phi) is 14.0. The van der Waals surface area contributed by atoms with Gasteiger partial charge in [0.1, 0.15) is 11.6 Å². The zero-order chi connectivity index (χ0) is 27.1. The number of imide groups is 1. The maximum Gasteiger partial charge on any atom is 0.335 e. The molecular formula is C24H34N2O10. The molecule has 0 bridgehead atoms. The number of ketones is 3. The van der Waals surface area contributed by atoms with Crippen molar-refractivity contribution in [2.45, 2.75) is 65.2 Å². The zero-order valence-corrected chi connectivity index (χ0v) is 20.9. The van der Waals surface area contributed by atoms with Crippen LogP contribution in [-0.2, 0) is 47.9 Å². The molecule has 0 aromatic carbocycles. The van der Waals surface area contributed by atoms with Crippen molar-refractivity contribution in [2.24, 2.45) is 0 Å². The molecule has 0 aliphatic carbocycles. The SMILES string of the molecule is C=C1CCC(=O)N1OC(=O)CCOCCC(=O)CN1C(=O)CCC1=O.CC(=O)CCOCCC(C)=O. The molecule has 3 amide bonds. The van der Waals surface area contributed by atoms with Gasteiger partial charge < -0.3 is 14.3 Å². The lowest BCUT2D eigenvalue weighted by Crippen LogP contribution is -2.34. The summed E-state index contributed by atoms with van der Waals surface area (Å²) in [6.45, 7) is 7.40. The Morgan fingerprint density at radius 1 is 0.722 bits per heavy atom. The Hall–Kier alpha value is -3.25. The van der Waals surface area contributed by atoms with Crippen LogP contribution in [0, 0.1) is 0 Å². The lowest BCUT2D eigenvalue weighted by atomic mass is 10.3. The maximum absolute atomic E-state index is 11.7. The van der Waals surface area contributed by atoms with Gasteiger partial charge in [-0.25, -0.2) is 4.79 Å². The monoisotopic (exact) mass is 510 g/mol. The second kappa shape index (κ2) is 16.4. The Morgan fingerprint density at radius 2 is 1.19 bits per heavy atom. The summed E-state index contributed by atoms with van der Waals surface area (Å²) in [6.07, 6.45) is 1.88. The van der Waals surface area contributed by atoms with Crippen LogP contribution in [0.5, 0.6) is 0 Å². The van der Waals surface area contributed by atoms with Gasteiger partial charge in [0.15, 0.2) is 5.78 Å². The molecule has 0 N–H and O–H groups in total. The van der Waals surface area contributed by atoms with E-state index in [9.17, 15) is 33.6 Å². The number of hydrogen-bond donors (Lipinski definition) is 0. The third-order valence-electron chi connectivity index (χ3n) is 5.00. The van der Waals surface area contributed by atoms with Crippen LogP contribution in [-0.4, -0.2) is 84.0 Å². The van der Waals surface area contributed by atoms with Crippen LogP contribution in [0.2, 0.25) is 0 Å². The molecule has 200 valence electrons. The quantitative estimate of drug-likeness (QED) is 0.231. The van der Waals surface area contributed by atoms with E-state index in [2.05, 4.69) is 6.58 Å². The van der Waals surface area contributed by atoms with Crippen molar-refractivity contribution in [2.75, 3.05) is 33.0 Å². The summed E-state index contributed by atoms with van der Waals surface area (Å²) in [6, 6.07) is 0. The highest BCUT2D eigenvalue weighted by molar-refractivity contribution is 6.04. The molecule has 2 aliphatic rings. The van der Waals surface area contributed by atoms with Crippen molar-refractivity contribution in [3.05, 3.63) is 12.3 Å². The summed E-state index contributed by atoms with van der Waals surface area (Å²) in [4.78, 5) is 84.2. The first kappa shape index (κ1) is 30.8. The van der Waals surface area contributed by atoms with E-state index >= 15 is 0 Å². The molecule has 36 heavy (non-hydrogen) atoms. The first-order valence-corrected chi connectivity index (χ1v) is 11.7. The topological polar surface area (TPSA) is 154 Å². The van der Waals surface area contributed by atoms with Gasteiger partial charge in [0.05, 0.1) is 45.1 Å². The minimum Gasteiger partial charge on any atom is -0.381 e. The minimum atomic E-state index is -0.629. The molecule has 0 aromatic heterocycles. The molecule has 0 aromatic rings. The van der Waals surface area contributed by atoms with Gasteiger partial charge >= 0.3 is 5.97 Å².